The van der Waals surface area contributed by atoms with Crippen LogP contribution in [0.4, 0.5) is 0 Å². The molecule has 0 aromatic carbocycles. The zero-order chi connectivity index (χ0) is 9.30. The Labute approximate surface area is 71.2 Å². The smallest absolute Gasteiger partial charge is 0.309 e. The minimum atomic E-state index is -0.869. The molecule has 4 nitrogen and oxygen atoms in total. The van der Waals surface area contributed by atoms with E-state index in [-0.39, 0.29) is 18.4 Å². The monoisotopic (exact) mass is 171 g/mol. The van der Waals surface area contributed by atoms with Gasteiger partial charge in [-0.2, -0.15) is 0 Å². The fourth-order valence-corrected chi connectivity index (χ4v) is 1.68. The Morgan fingerprint density at radius 3 is 2.58 bits per heavy atom. The highest BCUT2D eigenvalue weighted by Crippen LogP contribution is 2.24. The van der Waals surface area contributed by atoms with Crippen molar-refractivity contribution in [1.82, 2.24) is 4.90 Å². The summed E-state index contributed by atoms with van der Waals surface area (Å²) in [5, 5.41) is 8.74. The summed E-state index contributed by atoms with van der Waals surface area (Å²) in [6, 6.07) is -0.153. The first-order chi connectivity index (χ1) is 5.57. The summed E-state index contributed by atoms with van der Waals surface area (Å²) in [4.78, 5) is 23.4. The quantitative estimate of drug-likeness (QED) is 0.651. The van der Waals surface area contributed by atoms with E-state index in [4.69, 9.17) is 5.11 Å². The number of carbonyl (C=O) groups excluding carboxylic acids is 1. The molecule has 2 atom stereocenters. The second kappa shape index (κ2) is 3.13. The van der Waals surface area contributed by atoms with Crippen LogP contribution in [0.2, 0.25) is 0 Å². The largest absolute Gasteiger partial charge is 0.481 e. The van der Waals surface area contributed by atoms with Gasteiger partial charge in [-0.25, -0.2) is 0 Å². The maximum Gasteiger partial charge on any atom is 0.309 e. The lowest BCUT2D eigenvalue weighted by atomic mass is 10.0. The van der Waals surface area contributed by atoms with E-state index in [0.717, 1.165) is 0 Å². The summed E-state index contributed by atoms with van der Waals surface area (Å²) < 4.78 is 0. The summed E-state index contributed by atoms with van der Waals surface area (Å²) in [5.41, 5.74) is 0. The lowest BCUT2D eigenvalue weighted by Gasteiger charge is -2.20. The highest BCUT2D eigenvalue weighted by molar-refractivity contribution is 5.86. The average molecular weight is 171 g/mol. The van der Waals surface area contributed by atoms with Gasteiger partial charge in [0.2, 0.25) is 5.91 Å². The molecule has 0 bridgehead atoms. The second-order valence-corrected chi connectivity index (χ2v) is 3.07. The van der Waals surface area contributed by atoms with Crippen LogP contribution in [0.1, 0.15) is 20.3 Å². The van der Waals surface area contributed by atoms with Crippen molar-refractivity contribution in [1.29, 1.82) is 0 Å². The van der Waals surface area contributed by atoms with Gasteiger partial charge in [-0.3, -0.25) is 9.59 Å². The first-order valence-electron chi connectivity index (χ1n) is 4.10. The molecule has 1 fully saturated rings. The molecule has 1 saturated heterocycles. The Morgan fingerprint density at radius 1 is 1.75 bits per heavy atom. The Hall–Kier alpha value is -1.06. The van der Waals surface area contributed by atoms with Gasteiger partial charge in [0.1, 0.15) is 0 Å². The molecular weight excluding hydrogens is 158 g/mol. The third kappa shape index (κ3) is 1.29. The Bertz CT molecular complexity index is 214. The van der Waals surface area contributed by atoms with E-state index in [2.05, 4.69) is 0 Å². The number of carboxylic acids is 1. The Kier molecular flexibility index (Phi) is 2.35. The van der Waals surface area contributed by atoms with Gasteiger partial charge < -0.3 is 10.0 Å². The zero-order valence-corrected chi connectivity index (χ0v) is 7.28. The zero-order valence-electron chi connectivity index (χ0n) is 7.28. The summed E-state index contributed by atoms with van der Waals surface area (Å²) in [6.07, 6.45) is 0.157. The molecule has 0 radical (unpaired) electrons. The summed E-state index contributed by atoms with van der Waals surface area (Å²) in [6.45, 7) is 4.25. The normalized spacial score (nSPS) is 29.5. The van der Waals surface area contributed by atoms with Gasteiger partial charge in [-0.15, -0.1) is 0 Å². The van der Waals surface area contributed by atoms with E-state index in [1.807, 2.05) is 6.92 Å². The molecule has 0 aromatic heterocycles. The highest BCUT2D eigenvalue weighted by Gasteiger charge is 2.39. The van der Waals surface area contributed by atoms with Gasteiger partial charge >= 0.3 is 5.97 Å². The fraction of sp³-hybridized carbons (Fsp3) is 0.750. The van der Waals surface area contributed by atoms with Crippen LogP contribution in [0.3, 0.4) is 0 Å². The first-order valence-corrected chi connectivity index (χ1v) is 4.10. The first kappa shape index (κ1) is 9.03. The molecule has 0 aromatic rings. The van der Waals surface area contributed by atoms with Crippen molar-refractivity contribution in [3.63, 3.8) is 0 Å². The van der Waals surface area contributed by atoms with E-state index in [1.54, 1.807) is 11.8 Å². The lowest BCUT2D eigenvalue weighted by Crippen LogP contribution is -2.34. The number of carbonyl (C=O) groups is 2. The van der Waals surface area contributed by atoms with Crippen LogP contribution >= 0.6 is 0 Å². The van der Waals surface area contributed by atoms with Gasteiger partial charge in [0.15, 0.2) is 0 Å². The van der Waals surface area contributed by atoms with Crippen molar-refractivity contribution < 1.29 is 14.7 Å². The molecule has 0 saturated carbocycles. The van der Waals surface area contributed by atoms with Gasteiger partial charge in [0.05, 0.1) is 5.92 Å². The van der Waals surface area contributed by atoms with Gasteiger partial charge in [0, 0.05) is 19.0 Å². The van der Waals surface area contributed by atoms with Crippen molar-refractivity contribution in [2.24, 2.45) is 5.92 Å². The number of amides is 1. The van der Waals surface area contributed by atoms with E-state index < -0.39 is 11.9 Å². The van der Waals surface area contributed by atoms with Crippen LogP contribution < -0.4 is 0 Å². The number of nitrogens with zero attached hydrogens (tertiary/aromatic N) is 1. The molecule has 0 aliphatic carbocycles. The number of likely N-dealkylation sites (tertiary alicyclic amines) is 1. The third-order valence-corrected chi connectivity index (χ3v) is 2.45. The van der Waals surface area contributed by atoms with Crippen LogP contribution in [0, 0.1) is 5.92 Å². The molecule has 12 heavy (non-hydrogen) atoms. The molecule has 68 valence electrons. The van der Waals surface area contributed by atoms with Crippen molar-refractivity contribution in [3.05, 3.63) is 0 Å². The van der Waals surface area contributed by atoms with E-state index >= 15 is 0 Å². The third-order valence-electron chi connectivity index (χ3n) is 2.45. The highest BCUT2D eigenvalue weighted by atomic mass is 16.4. The van der Waals surface area contributed by atoms with Crippen molar-refractivity contribution >= 4 is 11.9 Å². The van der Waals surface area contributed by atoms with Crippen molar-refractivity contribution in [2.45, 2.75) is 26.3 Å². The summed E-state index contributed by atoms with van der Waals surface area (Å²) in [5.74, 6) is -1.43. The van der Waals surface area contributed by atoms with E-state index in [9.17, 15) is 9.59 Å². The van der Waals surface area contributed by atoms with Crippen LogP contribution in [0.25, 0.3) is 0 Å². The minimum absolute atomic E-state index is 0.0441. The Balaban J connectivity index is 2.75. The SMILES string of the molecule is CCN1C(=O)C[C@@H](C(=O)O)[C@@H]1C. The van der Waals surface area contributed by atoms with Crippen LogP contribution in [-0.4, -0.2) is 34.5 Å². The van der Waals surface area contributed by atoms with Crippen molar-refractivity contribution in [2.75, 3.05) is 6.54 Å². The predicted octanol–water partition coefficient (Wildman–Crippen LogP) is 0.328. The molecule has 1 amide bonds. The van der Waals surface area contributed by atoms with Crippen LogP contribution in [0.15, 0.2) is 0 Å². The molecule has 1 aliphatic rings. The minimum Gasteiger partial charge on any atom is -0.481 e. The van der Waals surface area contributed by atoms with Gasteiger partial charge in [0.25, 0.3) is 0 Å². The predicted molar refractivity (Wildman–Crippen MR) is 42.6 cm³/mol. The fourth-order valence-electron chi connectivity index (χ4n) is 1.68. The van der Waals surface area contributed by atoms with Crippen LogP contribution in [0.5, 0.6) is 0 Å². The number of hydrogen-bond acceptors (Lipinski definition) is 2. The average Bonchev–Trinajstić information content (AvgIpc) is 2.27. The van der Waals surface area contributed by atoms with Crippen molar-refractivity contribution in [3.8, 4) is 0 Å². The topological polar surface area (TPSA) is 57.6 Å². The number of rotatable bonds is 2. The van der Waals surface area contributed by atoms with E-state index in [0.29, 0.717) is 6.54 Å². The number of hydrogen-bond donors (Lipinski definition) is 1. The molecule has 1 aliphatic heterocycles. The number of carboxylic acid groups (broad SMARTS) is 1. The summed E-state index contributed by atoms with van der Waals surface area (Å²) >= 11 is 0. The Morgan fingerprint density at radius 2 is 2.33 bits per heavy atom. The molecular formula is C8H13NO3. The molecule has 1 rings (SSSR count). The van der Waals surface area contributed by atoms with E-state index in [1.165, 1.54) is 0 Å². The number of aliphatic carboxylic acids is 1. The molecule has 0 unspecified atom stereocenters. The lowest BCUT2D eigenvalue weighted by molar-refractivity contribution is -0.142. The summed E-state index contributed by atoms with van der Waals surface area (Å²) in [7, 11) is 0. The molecule has 1 heterocycles. The standard InChI is InChI=1S/C8H13NO3/c1-3-9-5(2)6(8(11)12)4-7(9)10/h5-6H,3-4H2,1-2H3,(H,11,12)/t5-,6+/m0/s1. The van der Waals surface area contributed by atoms with Crippen LogP contribution in [-0.2, 0) is 9.59 Å². The maximum absolute atomic E-state index is 11.2. The molecule has 4 heteroatoms. The van der Waals surface area contributed by atoms with Gasteiger partial charge in [-0.1, -0.05) is 0 Å². The molecule has 1 N–H and O–H groups in total. The second-order valence-electron chi connectivity index (χ2n) is 3.07. The van der Waals surface area contributed by atoms with Gasteiger partial charge in [-0.05, 0) is 13.8 Å². The maximum atomic E-state index is 11.2. The molecule has 0 spiro atoms.